The molecule has 0 amide bonds. The molecule has 0 fully saturated rings. The third-order valence-electron chi connectivity index (χ3n) is 3.72. The van der Waals surface area contributed by atoms with Crippen molar-refractivity contribution in [3.8, 4) is 23.0 Å². The maximum absolute atomic E-state index is 10.2. The number of halogens is 1. The zero-order chi connectivity index (χ0) is 16.9. The Morgan fingerprint density at radius 1 is 1.09 bits per heavy atom. The van der Waals surface area contributed by atoms with E-state index in [1.807, 2.05) is 0 Å². The topological polar surface area (TPSA) is 47.9 Å². The molecule has 1 N–H and O–H groups in total. The van der Waals surface area contributed by atoms with Gasteiger partial charge in [0.25, 0.3) is 0 Å². The first kappa shape index (κ1) is 11.7. The van der Waals surface area contributed by atoms with Crippen LogP contribution in [0.2, 0.25) is 0 Å². The number of phenols is 1. The molecule has 5 heteroatoms. The summed E-state index contributed by atoms with van der Waals surface area (Å²) in [5.74, 6) is 1.70. The molecule has 0 bridgehead atoms. The van der Waals surface area contributed by atoms with Gasteiger partial charge in [0.1, 0.15) is 24.7 Å². The maximum atomic E-state index is 10.2. The van der Waals surface area contributed by atoms with Crippen molar-refractivity contribution in [2.75, 3.05) is 19.8 Å². The van der Waals surface area contributed by atoms with Crippen LogP contribution in [-0.2, 0) is 12.8 Å². The van der Waals surface area contributed by atoms with Gasteiger partial charge >= 0.3 is 0 Å². The van der Waals surface area contributed by atoms with Crippen LogP contribution in [0.3, 0.4) is 0 Å². The molecule has 4 nitrogen and oxygen atoms in total. The van der Waals surface area contributed by atoms with E-state index < -0.39 is 6.37 Å². The van der Waals surface area contributed by atoms with Crippen LogP contribution in [0.5, 0.6) is 23.0 Å². The molecule has 2 aromatic rings. The molecule has 0 saturated heterocycles. The van der Waals surface area contributed by atoms with Crippen molar-refractivity contribution in [2.45, 2.75) is 12.8 Å². The molecule has 2 heterocycles. The zero-order valence-corrected chi connectivity index (χ0v) is 13.3. The standard InChI is InChI=1S/C17H15BrO4/c18-13-9-11(17-12(16(13)19)3-4-22-17)7-10-1-2-14-15(8-10)21-6-5-20-14/h1-2,8-9,19H,3-7H2/i7D2. The molecular weight excluding hydrogens is 348 g/mol. The van der Waals surface area contributed by atoms with Crippen LogP contribution in [0, 0.1) is 0 Å². The molecule has 0 radical (unpaired) electrons. The van der Waals surface area contributed by atoms with E-state index in [-0.39, 0.29) is 5.75 Å². The van der Waals surface area contributed by atoms with Crippen molar-refractivity contribution < 1.29 is 22.1 Å². The molecule has 2 aromatic carbocycles. The fourth-order valence-electron chi connectivity index (χ4n) is 2.70. The van der Waals surface area contributed by atoms with Gasteiger partial charge in [-0.1, -0.05) is 6.07 Å². The summed E-state index contributed by atoms with van der Waals surface area (Å²) in [4.78, 5) is 0. The third kappa shape index (κ3) is 2.29. The Hall–Kier alpha value is -1.88. The summed E-state index contributed by atoms with van der Waals surface area (Å²) in [5, 5.41) is 10.2. The average molecular weight is 365 g/mol. The van der Waals surface area contributed by atoms with Crippen LogP contribution in [0.1, 0.15) is 19.4 Å². The summed E-state index contributed by atoms with van der Waals surface area (Å²) in [6, 6.07) is 6.65. The lowest BCUT2D eigenvalue weighted by Crippen LogP contribution is -2.15. The summed E-state index contributed by atoms with van der Waals surface area (Å²) in [6.07, 6.45) is -1.24. The average Bonchev–Trinajstić information content (AvgIpc) is 3.07. The molecular formula is C17H15BrO4. The highest BCUT2D eigenvalue weighted by atomic mass is 79.9. The van der Waals surface area contributed by atoms with Crippen LogP contribution in [-0.4, -0.2) is 24.9 Å². The van der Waals surface area contributed by atoms with Gasteiger partial charge in [-0.25, -0.2) is 0 Å². The van der Waals surface area contributed by atoms with Gasteiger partial charge in [-0.3, -0.25) is 0 Å². The molecule has 2 aliphatic heterocycles. The predicted octanol–water partition coefficient (Wildman–Crippen LogP) is 3.45. The van der Waals surface area contributed by atoms with Crippen molar-refractivity contribution in [1.82, 2.24) is 0 Å². The smallest absolute Gasteiger partial charge is 0.161 e. The highest BCUT2D eigenvalue weighted by Gasteiger charge is 2.23. The number of hydrogen-bond acceptors (Lipinski definition) is 4. The van der Waals surface area contributed by atoms with Crippen molar-refractivity contribution in [1.29, 1.82) is 0 Å². The summed E-state index contributed by atoms with van der Waals surface area (Å²) >= 11 is 3.31. The highest BCUT2D eigenvalue weighted by Crippen LogP contribution is 2.42. The second-order valence-electron chi connectivity index (χ2n) is 5.14. The lowest BCUT2D eigenvalue weighted by molar-refractivity contribution is 0.171. The molecule has 4 rings (SSSR count). The first-order valence-corrected chi connectivity index (χ1v) is 7.85. The summed E-state index contributed by atoms with van der Waals surface area (Å²) in [7, 11) is 0. The molecule has 0 aromatic heterocycles. The fraction of sp³-hybridized carbons (Fsp3) is 0.294. The normalized spacial score (nSPS) is 17.3. The second kappa shape index (κ2) is 5.39. The number of benzene rings is 2. The van der Waals surface area contributed by atoms with Gasteiger partial charge in [0.15, 0.2) is 11.5 Å². The van der Waals surface area contributed by atoms with E-state index >= 15 is 0 Å². The predicted molar refractivity (Wildman–Crippen MR) is 85.2 cm³/mol. The Bertz CT molecular complexity index is 823. The number of aromatic hydroxyl groups is 1. The summed E-state index contributed by atoms with van der Waals surface area (Å²) in [5.41, 5.74) is 1.47. The van der Waals surface area contributed by atoms with Gasteiger partial charge in [-0.2, -0.15) is 0 Å². The van der Waals surface area contributed by atoms with E-state index in [0.717, 1.165) is 0 Å². The Morgan fingerprint density at radius 2 is 1.91 bits per heavy atom. The van der Waals surface area contributed by atoms with E-state index in [1.54, 1.807) is 24.3 Å². The van der Waals surface area contributed by atoms with Gasteiger partial charge in [0.2, 0.25) is 0 Å². The minimum atomic E-state index is -1.81. The van der Waals surface area contributed by atoms with Gasteiger partial charge in [-0.15, -0.1) is 0 Å². The lowest BCUT2D eigenvalue weighted by Gasteiger charge is -2.19. The van der Waals surface area contributed by atoms with Gasteiger partial charge in [0.05, 0.1) is 11.1 Å². The maximum Gasteiger partial charge on any atom is 0.161 e. The number of rotatable bonds is 2. The Labute approximate surface area is 139 Å². The van der Waals surface area contributed by atoms with Crippen molar-refractivity contribution >= 4 is 15.9 Å². The van der Waals surface area contributed by atoms with Gasteiger partial charge in [-0.05, 0) is 39.7 Å². The number of hydrogen-bond donors (Lipinski definition) is 1. The number of phenolic OH excluding ortho intramolecular Hbond substituents is 1. The van der Waals surface area contributed by atoms with Crippen LogP contribution in [0.4, 0.5) is 0 Å². The summed E-state index contributed by atoms with van der Waals surface area (Å²) < 4.78 is 34.4. The monoisotopic (exact) mass is 364 g/mol. The quantitative estimate of drug-likeness (QED) is 0.886. The molecule has 0 saturated carbocycles. The Balaban J connectivity index is 1.84. The van der Waals surface area contributed by atoms with Crippen molar-refractivity contribution in [3.05, 3.63) is 45.4 Å². The molecule has 0 aliphatic carbocycles. The first-order chi connectivity index (χ1) is 11.5. The third-order valence-corrected chi connectivity index (χ3v) is 4.33. The summed E-state index contributed by atoms with van der Waals surface area (Å²) in [6.45, 7) is 1.37. The van der Waals surface area contributed by atoms with Crippen LogP contribution < -0.4 is 14.2 Å². The van der Waals surface area contributed by atoms with E-state index in [9.17, 15) is 5.11 Å². The number of fused-ring (bicyclic) bond motifs is 2. The van der Waals surface area contributed by atoms with E-state index in [4.69, 9.17) is 17.0 Å². The highest BCUT2D eigenvalue weighted by molar-refractivity contribution is 9.10. The lowest BCUT2D eigenvalue weighted by atomic mass is 10.00. The molecule has 2 aliphatic rings. The molecule has 114 valence electrons. The van der Waals surface area contributed by atoms with Crippen LogP contribution >= 0.6 is 15.9 Å². The van der Waals surface area contributed by atoms with E-state index in [1.165, 1.54) is 0 Å². The van der Waals surface area contributed by atoms with Gasteiger partial charge in [0, 0.05) is 26.7 Å². The van der Waals surface area contributed by atoms with Crippen LogP contribution in [0.25, 0.3) is 0 Å². The number of ether oxygens (including phenoxy) is 3. The van der Waals surface area contributed by atoms with Gasteiger partial charge < -0.3 is 19.3 Å². The molecule has 22 heavy (non-hydrogen) atoms. The fourth-order valence-corrected chi connectivity index (χ4v) is 3.16. The van der Waals surface area contributed by atoms with Crippen LogP contribution in [0.15, 0.2) is 28.7 Å². The van der Waals surface area contributed by atoms with E-state index in [0.29, 0.717) is 64.7 Å². The van der Waals surface area contributed by atoms with Crippen molar-refractivity contribution in [3.63, 3.8) is 0 Å². The zero-order valence-electron chi connectivity index (χ0n) is 13.7. The molecule has 0 spiro atoms. The Morgan fingerprint density at radius 3 is 2.77 bits per heavy atom. The SMILES string of the molecule is [2H]C([2H])(c1ccc2c(c1)OCCO2)c1cc(Br)c(O)c2c1OCC2. The van der Waals surface area contributed by atoms with Crippen molar-refractivity contribution in [2.24, 2.45) is 0 Å². The first-order valence-electron chi connectivity index (χ1n) is 8.06. The molecule has 0 atom stereocenters. The second-order valence-corrected chi connectivity index (χ2v) is 6.00. The minimum Gasteiger partial charge on any atom is -0.506 e. The Kier molecular flexibility index (Phi) is 2.86. The van der Waals surface area contributed by atoms with E-state index in [2.05, 4.69) is 15.9 Å². The molecule has 0 unspecified atom stereocenters. The largest absolute Gasteiger partial charge is 0.506 e. The minimum absolute atomic E-state index is 0.115.